The molecule has 0 aromatic heterocycles. The summed E-state index contributed by atoms with van der Waals surface area (Å²) < 4.78 is 4.89. The highest BCUT2D eigenvalue weighted by molar-refractivity contribution is 5.92. The van der Waals surface area contributed by atoms with Gasteiger partial charge in [-0.3, -0.25) is 4.79 Å². The molecule has 1 aromatic carbocycles. The highest BCUT2D eigenvalue weighted by atomic mass is 16.5. The summed E-state index contributed by atoms with van der Waals surface area (Å²) in [7, 11) is 0. The standard InChI is InChI=1S/C11H12O4/c1-3-10(12)15-9-5-4-7(2)6-8(9)11(13)14/h4-6H,3H2,1-2H3,(H,13,14). The van der Waals surface area contributed by atoms with Crippen LogP contribution in [0.25, 0.3) is 0 Å². The summed E-state index contributed by atoms with van der Waals surface area (Å²) in [6.07, 6.45) is 0.215. The Bertz CT molecular complexity index is 396. The lowest BCUT2D eigenvalue weighted by Crippen LogP contribution is -2.09. The molecule has 15 heavy (non-hydrogen) atoms. The van der Waals surface area contributed by atoms with Gasteiger partial charge in [0.25, 0.3) is 0 Å². The van der Waals surface area contributed by atoms with Crippen molar-refractivity contribution in [1.82, 2.24) is 0 Å². The molecule has 1 rings (SSSR count). The smallest absolute Gasteiger partial charge is 0.339 e. The van der Waals surface area contributed by atoms with Gasteiger partial charge in [0.2, 0.25) is 0 Å². The number of carboxylic acid groups (broad SMARTS) is 1. The van der Waals surface area contributed by atoms with Crippen molar-refractivity contribution in [3.8, 4) is 5.75 Å². The van der Waals surface area contributed by atoms with Gasteiger partial charge in [-0.2, -0.15) is 0 Å². The number of aromatic carboxylic acids is 1. The second-order valence-electron chi connectivity index (χ2n) is 3.13. The molecule has 80 valence electrons. The van der Waals surface area contributed by atoms with E-state index in [0.717, 1.165) is 5.56 Å². The maximum atomic E-state index is 11.0. The van der Waals surface area contributed by atoms with Crippen molar-refractivity contribution in [3.05, 3.63) is 29.3 Å². The average Bonchev–Trinajstić information content (AvgIpc) is 2.20. The lowest BCUT2D eigenvalue weighted by molar-refractivity contribution is -0.134. The van der Waals surface area contributed by atoms with Crippen LogP contribution >= 0.6 is 0 Å². The van der Waals surface area contributed by atoms with Crippen LogP contribution in [0.1, 0.15) is 29.3 Å². The zero-order chi connectivity index (χ0) is 11.4. The van der Waals surface area contributed by atoms with Crippen molar-refractivity contribution >= 4 is 11.9 Å². The topological polar surface area (TPSA) is 63.6 Å². The van der Waals surface area contributed by atoms with Crippen LogP contribution in [0.15, 0.2) is 18.2 Å². The molecule has 1 N–H and O–H groups in total. The van der Waals surface area contributed by atoms with E-state index < -0.39 is 11.9 Å². The zero-order valence-electron chi connectivity index (χ0n) is 8.61. The van der Waals surface area contributed by atoms with Gasteiger partial charge in [-0.25, -0.2) is 4.79 Å². The van der Waals surface area contributed by atoms with Crippen molar-refractivity contribution in [2.24, 2.45) is 0 Å². The highest BCUT2D eigenvalue weighted by Crippen LogP contribution is 2.20. The summed E-state index contributed by atoms with van der Waals surface area (Å²) in [6, 6.07) is 4.66. The second kappa shape index (κ2) is 4.59. The van der Waals surface area contributed by atoms with Gasteiger partial charge in [0.05, 0.1) is 0 Å². The van der Waals surface area contributed by atoms with Gasteiger partial charge in [0.15, 0.2) is 0 Å². The molecule has 0 saturated carbocycles. The zero-order valence-corrected chi connectivity index (χ0v) is 8.61. The van der Waals surface area contributed by atoms with Gasteiger partial charge in [-0.1, -0.05) is 18.6 Å². The molecule has 0 unspecified atom stereocenters. The highest BCUT2D eigenvalue weighted by Gasteiger charge is 2.13. The Morgan fingerprint density at radius 2 is 2.07 bits per heavy atom. The lowest BCUT2D eigenvalue weighted by atomic mass is 10.1. The summed E-state index contributed by atoms with van der Waals surface area (Å²) in [5.74, 6) is -1.45. The number of rotatable bonds is 3. The maximum Gasteiger partial charge on any atom is 0.339 e. The molecule has 4 nitrogen and oxygen atoms in total. The number of carbonyl (C=O) groups excluding carboxylic acids is 1. The van der Waals surface area contributed by atoms with Crippen molar-refractivity contribution in [2.75, 3.05) is 0 Å². The molecule has 4 heteroatoms. The Morgan fingerprint density at radius 3 is 2.60 bits per heavy atom. The first-order valence-electron chi connectivity index (χ1n) is 4.59. The number of carboxylic acids is 1. The molecule has 0 bridgehead atoms. The van der Waals surface area contributed by atoms with Crippen molar-refractivity contribution in [2.45, 2.75) is 20.3 Å². The van der Waals surface area contributed by atoms with Crippen LogP contribution in [0.5, 0.6) is 5.75 Å². The van der Waals surface area contributed by atoms with Gasteiger partial charge in [0.1, 0.15) is 11.3 Å². The van der Waals surface area contributed by atoms with Gasteiger partial charge in [-0.15, -0.1) is 0 Å². The molecule has 0 amide bonds. The number of aryl methyl sites for hydroxylation is 1. The minimum atomic E-state index is -1.10. The summed E-state index contributed by atoms with van der Waals surface area (Å²) in [5, 5.41) is 8.88. The van der Waals surface area contributed by atoms with Gasteiger partial charge in [0, 0.05) is 6.42 Å². The monoisotopic (exact) mass is 208 g/mol. The maximum absolute atomic E-state index is 11.0. The fourth-order valence-corrected chi connectivity index (χ4v) is 1.09. The molecule has 0 heterocycles. The number of ether oxygens (including phenoxy) is 1. The molecule has 0 spiro atoms. The molecule has 1 aromatic rings. The molecule has 0 aliphatic carbocycles. The molecule has 0 atom stereocenters. The Morgan fingerprint density at radius 1 is 1.40 bits per heavy atom. The van der Waals surface area contributed by atoms with Crippen molar-refractivity contribution in [3.63, 3.8) is 0 Å². The second-order valence-corrected chi connectivity index (χ2v) is 3.13. The minimum Gasteiger partial charge on any atom is -0.478 e. The van der Waals surface area contributed by atoms with E-state index in [4.69, 9.17) is 9.84 Å². The Kier molecular flexibility index (Phi) is 3.44. The van der Waals surface area contributed by atoms with E-state index >= 15 is 0 Å². The van der Waals surface area contributed by atoms with E-state index in [1.165, 1.54) is 12.1 Å². The summed E-state index contributed by atoms with van der Waals surface area (Å²) in [5.41, 5.74) is 0.820. The van der Waals surface area contributed by atoms with Crippen LogP contribution in [0, 0.1) is 6.92 Å². The summed E-state index contributed by atoms with van der Waals surface area (Å²) in [4.78, 5) is 21.9. The van der Waals surface area contributed by atoms with Gasteiger partial charge in [-0.05, 0) is 19.1 Å². The van der Waals surface area contributed by atoms with E-state index in [1.807, 2.05) is 0 Å². The van der Waals surface area contributed by atoms with E-state index in [1.54, 1.807) is 19.9 Å². The number of hydrogen-bond donors (Lipinski definition) is 1. The first-order valence-corrected chi connectivity index (χ1v) is 4.59. The number of esters is 1. The normalized spacial score (nSPS) is 9.73. The van der Waals surface area contributed by atoms with Crippen molar-refractivity contribution < 1.29 is 19.4 Å². The molecule has 0 saturated heterocycles. The summed E-state index contributed by atoms with van der Waals surface area (Å²) >= 11 is 0. The van der Waals surface area contributed by atoms with Crippen LogP contribution in [0.2, 0.25) is 0 Å². The van der Waals surface area contributed by atoms with E-state index in [0.29, 0.717) is 0 Å². The van der Waals surface area contributed by atoms with Crippen LogP contribution in [0.3, 0.4) is 0 Å². The minimum absolute atomic E-state index is 0.0109. The lowest BCUT2D eigenvalue weighted by Gasteiger charge is -2.06. The predicted octanol–water partition coefficient (Wildman–Crippen LogP) is 2.01. The van der Waals surface area contributed by atoms with E-state index in [2.05, 4.69) is 0 Å². The Balaban J connectivity index is 3.06. The number of carbonyl (C=O) groups is 2. The van der Waals surface area contributed by atoms with E-state index in [-0.39, 0.29) is 17.7 Å². The van der Waals surface area contributed by atoms with E-state index in [9.17, 15) is 9.59 Å². The predicted molar refractivity (Wildman–Crippen MR) is 54.1 cm³/mol. The van der Waals surface area contributed by atoms with Crippen LogP contribution in [-0.4, -0.2) is 17.0 Å². The SMILES string of the molecule is CCC(=O)Oc1ccc(C)cc1C(=O)O. The molecule has 0 fully saturated rings. The number of benzene rings is 1. The van der Waals surface area contributed by atoms with Crippen LogP contribution in [-0.2, 0) is 4.79 Å². The van der Waals surface area contributed by atoms with Crippen molar-refractivity contribution in [1.29, 1.82) is 0 Å². The van der Waals surface area contributed by atoms with Crippen LogP contribution in [0.4, 0.5) is 0 Å². The Hall–Kier alpha value is -1.84. The molecule has 0 aliphatic heterocycles. The third-order valence-corrected chi connectivity index (χ3v) is 1.88. The first kappa shape index (κ1) is 11.2. The third kappa shape index (κ3) is 2.80. The summed E-state index contributed by atoms with van der Waals surface area (Å²) in [6.45, 7) is 3.43. The molecule has 0 radical (unpaired) electrons. The number of hydrogen-bond acceptors (Lipinski definition) is 3. The molecular formula is C11H12O4. The van der Waals surface area contributed by atoms with Gasteiger partial charge >= 0.3 is 11.9 Å². The molecule has 0 aliphatic rings. The Labute approximate surface area is 87.5 Å². The largest absolute Gasteiger partial charge is 0.478 e. The first-order chi connectivity index (χ1) is 7.04. The molecular weight excluding hydrogens is 196 g/mol. The van der Waals surface area contributed by atoms with Crippen LogP contribution < -0.4 is 4.74 Å². The third-order valence-electron chi connectivity index (χ3n) is 1.88. The fourth-order valence-electron chi connectivity index (χ4n) is 1.09. The van der Waals surface area contributed by atoms with Gasteiger partial charge < -0.3 is 9.84 Å². The fraction of sp³-hybridized carbons (Fsp3) is 0.273. The quantitative estimate of drug-likeness (QED) is 0.609. The average molecular weight is 208 g/mol.